The Kier molecular flexibility index (Phi) is 12.5. The minimum atomic E-state index is -5.08. The van der Waals surface area contributed by atoms with Crippen molar-refractivity contribution in [3.05, 3.63) is 0 Å². The Morgan fingerprint density at radius 3 is 1.88 bits per heavy atom. The molecule has 0 aliphatic rings. The van der Waals surface area contributed by atoms with E-state index in [9.17, 15) is 27.6 Å². The topological polar surface area (TPSA) is 167 Å². The lowest BCUT2D eigenvalue weighted by Gasteiger charge is -2.14. The minimum absolute atomic E-state index is 0.0178. The standard InChI is InChI=1S/C10H18N2O5S.C2HF3O2/c1-18-5-4-7(10(16)17)12-8(13)3-2-6(11)9(14)15;3-2(4,5)1(6)7/h6-7H,2-5,11H2,1H3,(H,12,13)(H,14,15)(H,16,17);(H,6,7)/t6-,7-;/m0./s1. The van der Waals surface area contributed by atoms with Crippen LogP contribution in [0.5, 0.6) is 0 Å². The van der Waals surface area contributed by atoms with Crippen molar-refractivity contribution in [2.24, 2.45) is 5.73 Å². The lowest BCUT2D eigenvalue weighted by molar-refractivity contribution is -0.192. The number of nitrogens with one attached hydrogen (secondary N) is 1. The molecule has 0 aromatic heterocycles. The first-order valence-corrected chi connectivity index (χ1v) is 8.01. The van der Waals surface area contributed by atoms with Gasteiger partial charge >= 0.3 is 24.1 Å². The Morgan fingerprint density at radius 2 is 1.56 bits per heavy atom. The van der Waals surface area contributed by atoms with Crippen LogP contribution in [0.15, 0.2) is 0 Å². The number of halogens is 3. The third kappa shape index (κ3) is 14.1. The number of amides is 1. The number of carboxylic acid groups (broad SMARTS) is 3. The highest BCUT2D eigenvalue weighted by atomic mass is 32.2. The molecule has 0 aliphatic heterocycles. The van der Waals surface area contributed by atoms with Crippen LogP contribution in [0.1, 0.15) is 19.3 Å². The first kappa shape index (κ1) is 25.2. The largest absolute Gasteiger partial charge is 0.490 e. The van der Waals surface area contributed by atoms with Crippen LogP contribution >= 0.6 is 11.8 Å². The van der Waals surface area contributed by atoms with E-state index in [0.29, 0.717) is 12.2 Å². The van der Waals surface area contributed by atoms with Gasteiger partial charge < -0.3 is 26.4 Å². The number of carbonyl (C=O) groups is 4. The third-order valence-electron chi connectivity index (χ3n) is 2.49. The minimum Gasteiger partial charge on any atom is -0.480 e. The van der Waals surface area contributed by atoms with Crippen LogP contribution in [0.3, 0.4) is 0 Å². The predicted molar refractivity (Wildman–Crippen MR) is 81.1 cm³/mol. The van der Waals surface area contributed by atoms with Gasteiger partial charge in [-0.2, -0.15) is 24.9 Å². The number of hydrogen-bond acceptors (Lipinski definition) is 6. The van der Waals surface area contributed by atoms with Crippen LogP contribution in [-0.2, 0) is 19.2 Å². The highest BCUT2D eigenvalue weighted by molar-refractivity contribution is 7.98. The van der Waals surface area contributed by atoms with E-state index in [4.69, 9.17) is 25.8 Å². The summed E-state index contributed by atoms with van der Waals surface area (Å²) in [6, 6.07) is -2.05. The average molecular weight is 392 g/mol. The zero-order chi connectivity index (χ0) is 20.2. The summed E-state index contributed by atoms with van der Waals surface area (Å²) in [7, 11) is 0. The van der Waals surface area contributed by atoms with Gasteiger partial charge in [-0.3, -0.25) is 9.59 Å². The lowest BCUT2D eigenvalue weighted by Crippen LogP contribution is -2.42. The smallest absolute Gasteiger partial charge is 0.480 e. The van der Waals surface area contributed by atoms with Crippen LogP contribution in [0, 0.1) is 0 Å². The molecule has 0 saturated carbocycles. The number of hydrogen-bond donors (Lipinski definition) is 5. The molecule has 25 heavy (non-hydrogen) atoms. The van der Waals surface area contributed by atoms with Crippen molar-refractivity contribution in [3.63, 3.8) is 0 Å². The van der Waals surface area contributed by atoms with E-state index in [1.165, 1.54) is 11.8 Å². The van der Waals surface area contributed by atoms with Crippen molar-refractivity contribution in [2.75, 3.05) is 12.0 Å². The number of thioether (sulfide) groups is 1. The first-order valence-electron chi connectivity index (χ1n) is 6.62. The molecule has 0 heterocycles. The summed E-state index contributed by atoms with van der Waals surface area (Å²) in [6.07, 6.45) is -3.04. The second-order valence-electron chi connectivity index (χ2n) is 4.53. The fourth-order valence-electron chi connectivity index (χ4n) is 1.17. The second kappa shape index (κ2) is 12.4. The summed E-state index contributed by atoms with van der Waals surface area (Å²) in [4.78, 5) is 41.6. The van der Waals surface area contributed by atoms with Crippen molar-refractivity contribution in [1.82, 2.24) is 5.32 Å². The maximum atomic E-state index is 11.4. The zero-order valence-corrected chi connectivity index (χ0v) is 13.9. The lowest BCUT2D eigenvalue weighted by atomic mass is 10.1. The fourth-order valence-corrected chi connectivity index (χ4v) is 1.64. The Labute approximate surface area is 144 Å². The van der Waals surface area contributed by atoms with Crippen LogP contribution in [-0.4, -0.2) is 69.4 Å². The molecule has 2 atom stereocenters. The molecule has 0 bridgehead atoms. The maximum absolute atomic E-state index is 11.4. The van der Waals surface area contributed by atoms with Gasteiger partial charge in [-0.05, 0) is 24.9 Å². The van der Waals surface area contributed by atoms with Crippen LogP contribution < -0.4 is 11.1 Å². The van der Waals surface area contributed by atoms with E-state index in [0.717, 1.165) is 0 Å². The number of alkyl halides is 3. The molecule has 1 amide bonds. The van der Waals surface area contributed by atoms with E-state index in [2.05, 4.69) is 5.32 Å². The summed E-state index contributed by atoms with van der Waals surface area (Å²) in [5, 5.41) is 26.9. The first-order chi connectivity index (χ1) is 11.3. The summed E-state index contributed by atoms with van der Waals surface area (Å²) >= 11 is 1.48. The molecular formula is C12H19F3N2O7S. The molecule has 0 aromatic rings. The predicted octanol–water partition coefficient (Wildman–Crippen LogP) is 0.134. The van der Waals surface area contributed by atoms with Crippen LogP contribution in [0.25, 0.3) is 0 Å². The molecular weight excluding hydrogens is 373 g/mol. The van der Waals surface area contributed by atoms with Crippen molar-refractivity contribution in [1.29, 1.82) is 0 Å². The van der Waals surface area contributed by atoms with Crippen molar-refractivity contribution in [2.45, 2.75) is 37.5 Å². The van der Waals surface area contributed by atoms with Gasteiger partial charge in [0.2, 0.25) is 5.91 Å². The van der Waals surface area contributed by atoms with Gasteiger partial charge in [0.25, 0.3) is 0 Å². The van der Waals surface area contributed by atoms with Crippen molar-refractivity contribution >= 4 is 35.6 Å². The summed E-state index contributed by atoms with van der Waals surface area (Å²) in [6.45, 7) is 0. The molecule has 0 spiro atoms. The van der Waals surface area contributed by atoms with E-state index < -0.39 is 42.1 Å². The van der Waals surface area contributed by atoms with Crippen LogP contribution in [0.2, 0.25) is 0 Å². The van der Waals surface area contributed by atoms with Gasteiger partial charge in [0, 0.05) is 6.42 Å². The zero-order valence-electron chi connectivity index (χ0n) is 13.1. The molecule has 0 unspecified atom stereocenters. The third-order valence-corrected chi connectivity index (χ3v) is 3.13. The maximum Gasteiger partial charge on any atom is 0.490 e. The fraction of sp³-hybridized carbons (Fsp3) is 0.667. The highest BCUT2D eigenvalue weighted by Gasteiger charge is 2.38. The molecule has 146 valence electrons. The Bertz CT molecular complexity index is 474. The highest BCUT2D eigenvalue weighted by Crippen LogP contribution is 2.13. The molecule has 13 heteroatoms. The van der Waals surface area contributed by atoms with Gasteiger partial charge in [-0.25, -0.2) is 9.59 Å². The van der Waals surface area contributed by atoms with E-state index in [-0.39, 0.29) is 12.8 Å². The average Bonchev–Trinajstić information content (AvgIpc) is 2.48. The SMILES string of the molecule is CSCC[C@H](NC(=O)CC[C@H](N)C(=O)O)C(=O)O.O=C(O)C(F)(F)F. The van der Waals surface area contributed by atoms with Gasteiger partial charge in [0.05, 0.1) is 0 Å². The normalized spacial score (nSPS) is 13.0. The van der Waals surface area contributed by atoms with Gasteiger partial charge in [-0.1, -0.05) is 0 Å². The summed E-state index contributed by atoms with van der Waals surface area (Å²) in [5.74, 6) is -4.92. The van der Waals surface area contributed by atoms with E-state index in [1.54, 1.807) is 0 Å². The Hall–Kier alpha value is -2.02. The number of aliphatic carboxylic acids is 3. The molecule has 0 aliphatic carbocycles. The van der Waals surface area contributed by atoms with E-state index in [1.807, 2.05) is 6.26 Å². The number of nitrogens with two attached hydrogens (primary N) is 1. The second-order valence-corrected chi connectivity index (χ2v) is 5.51. The van der Waals surface area contributed by atoms with Crippen molar-refractivity contribution < 1.29 is 47.7 Å². The Balaban J connectivity index is 0. The van der Waals surface area contributed by atoms with Crippen LogP contribution in [0.4, 0.5) is 13.2 Å². The quantitative estimate of drug-likeness (QED) is 0.366. The van der Waals surface area contributed by atoms with Gasteiger partial charge in [0.15, 0.2) is 0 Å². The number of rotatable bonds is 9. The molecule has 0 rings (SSSR count). The molecule has 0 aromatic carbocycles. The molecule has 0 fully saturated rings. The van der Waals surface area contributed by atoms with Crippen molar-refractivity contribution in [3.8, 4) is 0 Å². The monoisotopic (exact) mass is 392 g/mol. The molecule has 6 N–H and O–H groups in total. The van der Waals surface area contributed by atoms with Gasteiger partial charge in [-0.15, -0.1) is 0 Å². The Morgan fingerprint density at radius 1 is 1.08 bits per heavy atom. The molecule has 9 nitrogen and oxygen atoms in total. The molecule has 0 radical (unpaired) electrons. The molecule has 0 saturated heterocycles. The number of carbonyl (C=O) groups excluding carboxylic acids is 1. The summed E-state index contributed by atoms with van der Waals surface area (Å²) in [5.41, 5.74) is 5.24. The number of carboxylic acids is 3. The van der Waals surface area contributed by atoms with Gasteiger partial charge in [0.1, 0.15) is 12.1 Å². The summed E-state index contributed by atoms with van der Waals surface area (Å²) < 4.78 is 31.7. The van der Waals surface area contributed by atoms with E-state index >= 15 is 0 Å².